The van der Waals surface area contributed by atoms with Crippen molar-refractivity contribution in [2.75, 3.05) is 12.3 Å². The van der Waals surface area contributed by atoms with Crippen LogP contribution in [-0.2, 0) is 5.41 Å². The standard InChI is InChI=1S/C12H15N3O/c1-12(2,7-16)8-3-4-9-10(5-8)14-6-11(13)15-9/h3-6,16H,7H2,1-2H3,(H2,13,15). The molecule has 1 aromatic heterocycles. The van der Waals surface area contributed by atoms with Gasteiger partial charge in [0.1, 0.15) is 5.82 Å². The second-order valence-corrected chi connectivity index (χ2v) is 4.54. The molecule has 3 N–H and O–H groups in total. The van der Waals surface area contributed by atoms with Crippen LogP contribution in [0.1, 0.15) is 19.4 Å². The van der Waals surface area contributed by atoms with Crippen LogP contribution in [0, 0.1) is 0 Å². The summed E-state index contributed by atoms with van der Waals surface area (Å²) >= 11 is 0. The van der Waals surface area contributed by atoms with Gasteiger partial charge in [-0.3, -0.25) is 4.98 Å². The lowest BCUT2D eigenvalue weighted by Gasteiger charge is -2.22. The lowest BCUT2D eigenvalue weighted by molar-refractivity contribution is 0.218. The number of nitrogen functional groups attached to an aromatic ring is 1. The van der Waals surface area contributed by atoms with E-state index in [4.69, 9.17) is 5.73 Å². The predicted molar refractivity (Wildman–Crippen MR) is 64.1 cm³/mol. The fourth-order valence-corrected chi connectivity index (χ4v) is 1.54. The van der Waals surface area contributed by atoms with Crippen molar-refractivity contribution in [3.63, 3.8) is 0 Å². The zero-order chi connectivity index (χ0) is 11.8. The number of aliphatic hydroxyl groups excluding tert-OH is 1. The van der Waals surface area contributed by atoms with Gasteiger partial charge in [-0.1, -0.05) is 19.9 Å². The molecule has 0 unspecified atom stereocenters. The van der Waals surface area contributed by atoms with Crippen molar-refractivity contribution in [3.8, 4) is 0 Å². The Morgan fingerprint density at radius 1 is 1.31 bits per heavy atom. The molecule has 4 heteroatoms. The maximum absolute atomic E-state index is 9.31. The number of hydrogen-bond donors (Lipinski definition) is 2. The van der Waals surface area contributed by atoms with Crippen LogP contribution >= 0.6 is 0 Å². The van der Waals surface area contributed by atoms with Gasteiger partial charge < -0.3 is 10.8 Å². The minimum Gasteiger partial charge on any atom is -0.395 e. The van der Waals surface area contributed by atoms with Gasteiger partial charge in [0.15, 0.2) is 0 Å². The molecule has 0 amide bonds. The summed E-state index contributed by atoms with van der Waals surface area (Å²) in [4.78, 5) is 8.40. The first kappa shape index (κ1) is 10.8. The molecule has 0 radical (unpaired) electrons. The van der Waals surface area contributed by atoms with Crippen molar-refractivity contribution in [1.29, 1.82) is 0 Å². The maximum Gasteiger partial charge on any atom is 0.142 e. The third-order valence-electron chi connectivity index (χ3n) is 2.74. The number of rotatable bonds is 2. The topological polar surface area (TPSA) is 72.0 Å². The number of hydrogen-bond acceptors (Lipinski definition) is 4. The molecular formula is C12H15N3O. The SMILES string of the molecule is CC(C)(CO)c1ccc2nc(N)cnc2c1. The molecule has 84 valence electrons. The quantitative estimate of drug-likeness (QED) is 0.799. The Kier molecular flexibility index (Phi) is 2.52. The molecule has 4 nitrogen and oxygen atoms in total. The molecule has 0 spiro atoms. The first-order valence-corrected chi connectivity index (χ1v) is 5.16. The van der Waals surface area contributed by atoms with Gasteiger partial charge in [0.25, 0.3) is 0 Å². The highest BCUT2D eigenvalue weighted by molar-refractivity contribution is 5.76. The van der Waals surface area contributed by atoms with Crippen molar-refractivity contribution in [1.82, 2.24) is 9.97 Å². The summed E-state index contributed by atoms with van der Waals surface area (Å²) in [6.45, 7) is 4.07. The normalized spacial score (nSPS) is 11.9. The van der Waals surface area contributed by atoms with Crippen LogP contribution in [0.15, 0.2) is 24.4 Å². The van der Waals surface area contributed by atoms with Gasteiger partial charge in [-0.2, -0.15) is 0 Å². The molecule has 0 aliphatic carbocycles. The maximum atomic E-state index is 9.31. The lowest BCUT2D eigenvalue weighted by atomic mass is 9.85. The van der Waals surface area contributed by atoms with E-state index < -0.39 is 0 Å². The Labute approximate surface area is 94.1 Å². The summed E-state index contributed by atoms with van der Waals surface area (Å²) in [6.07, 6.45) is 1.54. The van der Waals surface area contributed by atoms with Crippen molar-refractivity contribution in [3.05, 3.63) is 30.0 Å². The Hall–Kier alpha value is -1.68. The van der Waals surface area contributed by atoms with Gasteiger partial charge in [0.2, 0.25) is 0 Å². The molecule has 1 aromatic carbocycles. The van der Waals surface area contributed by atoms with Crippen LogP contribution in [0.5, 0.6) is 0 Å². The number of nitrogens with zero attached hydrogens (tertiary/aromatic N) is 2. The number of nitrogens with two attached hydrogens (primary N) is 1. The van der Waals surface area contributed by atoms with Crippen LogP contribution in [0.2, 0.25) is 0 Å². The number of aliphatic hydroxyl groups is 1. The summed E-state index contributed by atoms with van der Waals surface area (Å²) in [5, 5.41) is 9.31. The average molecular weight is 217 g/mol. The van der Waals surface area contributed by atoms with Crippen LogP contribution in [0.25, 0.3) is 11.0 Å². The van der Waals surface area contributed by atoms with Crippen LogP contribution < -0.4 is 5.73 Å². The minimum atomic E-state index is -0.267. The lowest BCUT2D eigenvalue weighted by Crippen LogP contribution is -2.21. The van der Waals surface area contributed by atoms with Crippen LogP contribution in [0.3, 0.4) is 0 Å². The molecule has 0 saturated carbocycles. The molecular weight excluding hydrogens is 202 g/mol. The Balaban J connectivity index is 2.57. The zero-order valence-electron chi connectivity index (χ0n) is 9.44. The average Bonchev–Trinajstić information content (AvgIpc) is 2.28. The fraction of sp³-hybridized carbons (Fsp3) is 0.333. The largest absolute Gasteiger partial charge is 0.395 e. The molecule has 16 heavy (non-hydrogen) atoms. The first-order valence-electron chi connectivity index (χ1n) is 5.16. The van der Waals surface area contributed by atoms with Crippen molar-refractivity contribution in [2.24, 2.45) is 0 Å². The number of benzene rings is 1. The molecule has 2 rings (SSSR count). The third-order valence-corrected chi connectivity index (χ3v) is 2.74. The molecule has 1 heterocycles. The summed E-state index contributed by atoms with van der Waals surface area (Å²) in [7, 11) is 0. The highest BCUT2D eigenvalue weighted by Crippen LogP contribution is 2.24. The molecule has 0 aliphatic rings. The Morgan fingerprint density at radius 2 is 2.06 bits per heavy atom. The molecule has 0 aliphatic heterocycles. The number of anilines is 1. The van der Waals surface area contributed by atoms with E-state index in [0.717, 1.165) is 16.6 Å². The van der Waals surface area contributed by atoms with Gasteiger partial charge in [-0.05, 0) is 17.7 Å². The first-order chi connectivity index (χ1) is 7.53. The van der Waals surface area contributed by atoms with Crippen molar-refractivity contribution >= 4 is 16.9 Å². The molecule has 0 fully saturated rings. The number of aromatic nitrogens is 2. The molecule has 2 aromatic rings. The Morgan fingerprint density at radius 3 is 2.75 bits per heavy atom. The van der Waals surface area contributed by atoms with E-state index in [9.17, 15) is 5.11 Å². The van der Waals surface area contributed by atoms with Gasteiger partial charge in [-0.25, -0.2) is 4.98 Å². The van der Waals surface area contributed by atoms with Gasteiger partial charge in [0, 0.05) is 5.41 Å². The van der Waals surface area contributed by atoms with E-state index in [1.54, 1.807) is 0 Å². The van der Waals surface area contributed by atoms with Gasteiger partial charge in [0.05, 0.1) is 23.8 Å². The van der Waals surface area contributed by atoms with E-state index >= 15 is 0 Å². The van der Waals surface area contributed by atoms with Crippen LogP contribution in [0.4, 0.5) is 5.82 Å². The molecule has 0 atom stereocenters. The van der Waals surface area contributed by atoms with E-state index in [2.05, 4.69) is 9.97 Å². The smallest absolute Gasteiger partial charge is 0.142 e. The summed E-state index contributed by atoms with van der Waals surface area (Å²) in [5.41, 5.74) is 7.91. The van der Waals surface area contributed by atoms with Crippen molar-refractivity contribution < 1.29 is 5.11 Å². The Bertz CT molecular complexity index is 523. The van der Waals surface area contributed by atoms with Crippen molar-refractivity contribution in [2.45, 2.75) is 19.3 Å². The summed E-state index contributed by atoms with van der Waals surface area (Å²) in [5.74, 6) is 0.418. The van der Waals surface area contributed by atoms with Gasteiger partial charge >= 0.3 is 0 Å². The molecule has 0 saturated heterocycles. The highest BCUT2D eigenvalue weighted by Gasteiger charge is 2.19. The fourth-order valence-electron chi connectivity index (χ4n) is 1.54. The second-order valence-electron chi connectivity index (χ2n) is 4.54. The van der Waals surface area contributed by atoms with E-state index in [-0.39, 0.29) is 12.0 Å². The third kappa shape index (κ3) is 1.84. The monoisotopic (exact) mass is 217 g/mol. The van der Waals surface area contributed by atoms with E-state index in [1.807, 2.05) is 32.0 Å². The zero-order valence-corrected chi connectivity index (χ0v) is 9.44. The van der Waals surface area contributed by atoms with Crippen LogP contribution in [-0.4, -0.2) is 21.7 Å². The minimum absolute atomic E-state index is 0.0981. The molecule has 0 bridgehead atoms. The highest BCUT2D eigenvalue weighted by atomic mass is 16.3. The number of fused-ring (bicyclic) bond motifs is 1. The summed E-state index contributed by atoms with van der Waals surface area (Å²) in [6, 6.07) is 5.77. The van der Waals surface area contributed by atoms with E-state index in [0.29, 0.717) is 5.82 Å². The second kappa shape index (κ2) is 3.72. The van der Waals surface area contributed by atoms with Gasteiger partial charge in [-0.15, -0.1) is 0 Å². The summed E-state index contributed by atoms with van der Waals surface area (Å²) < 4.78 is 0. The predicted octanol–water partition coefficient (Wildman–Crippen LogP) is 1.48. The van der Waals surface area contributed by atoms with E-state index in [1.165, 1.54) is 6.20 Å².